The summed E-state index contributed by atoms with van der Waals surface area (Å²) in [5.41, 5.74) is -0.465. The molecule has 0 amide bonds. The molecule has 0 atom stereocenters. The van der Waals surface area contributed by atoms with Crippen LogP contribution in [0.1, 0.15) is 10.4 Å². The van der Waals surface area contributed by atoms with Gasteiger partial charge in [-0.05, 0) is 12.1 Å². The smallest absolute Gasteiger partial charge is 0.343 e. The molecule has 0 radical (unpaired) electrons. The molecule has 1 rings (SSSR count). The minimum atomic E-state index is -1.35. The summed E-state index contributed by atoms with van der Waals surface area (Å²) < 4.78 is 0. The summed E-state index contributed by atoms with van der Waals surface area (Å²) in [6, 6.07) is 3.75. The van der Waals surface area contributed by atoms with Crippen LogP contribution in [0.2, 0.25) is 0 Å². The topological polar surface area (TPSA) is 77.8 Å². The van der Waals surface area contributed by atoms with Gasteiger partial charge < -0.3 is 15.3 Å². The van der Waals surface area contributed by atoms with E-state index in [9.17, 15) is 4.79 Å². The predicted octanol–water partition coefficient (Wildman–Crippen LogP) is 0.793. The zero-order chi connectivity index (χ0) is 8.43. The third-order valence-electron chi connectivity index (χ3n) is 1.23. The summed E-state index contributed by atoms with van der Waals surface area (Å²) in [5, 5.41) is 26.3. The zero-order valence-electron chi connectivity index (χ0n) is 5.84. The van der Waals surface area contributed by atoms with E-state index in [1.165, 1.54) is 18.2 Å². The Balaban J connectivity index is 0.00000121. The summed E-state index contributed by atoms with van der Waals surface area (Å²) in [4.78, 5) is 10.3. The fourth-order valence-corrected chi connectivity index (χ4v) is 0.747. The van der Waals surface area contributed by atoms with Crippen LogP contribution in [-0.4, -0.2) is 21.3 Å². The van der Waals surface area contributed by atoms with Crippen LogP contribution in [0, 0.1) is 0 Å². The first kappa shape index (κ1) is 10.8. The van der Waals surface area contributed by atoms with Gasteiger partial charge in [0.1, 0.15) is 17.1 Å². The van der Waals surface area contributed by atoms with Crippen LogP contribution in [0.3, 0.4) is 0 Å². The molecule has 4 nitrogen and oxygen atoms in total. The van der Waals surface area contributed by atoms with Gasteiger partial charge in [-0.25, -0.2) is 4.79 Å². The van der Waals surface area contributed by atoms with Crippen molar-refractivity contribution in [2.45, 2.75) is 0 Å². The summed E-state index contributed by atoms with van der Waals surface area (Å²) >= 11 is 0. The second-order valence-electron chi connectivity index (χ2n) is 1.98. The van der Waals surface area contributed by atoms with Crippen LogP contribution in [0.4, 0.5) is 0 Å². The summed E-state index contributed by atoms with van der Waals surface area (Å²) in [6.07, 6.45) is 0. The normalized spacial score (nSPS) is 8.67. The Bertz CT molecular complexity index is 277. The van der Waals surface area contributed by atoms with E-state index in [1.807, 2.05) is 0 Å². The third-order valence-corrected chi connectivity index (χ3v) is 1.23. The van der Waals surface area contributed by atoms with E-state index in [-0.39, 0.29) is 17.1 Å². The Morgan fingerprint density at radius 1 is 1.17 bits per heavy atom. The van der Waals surface area contributed by atoms with Crippen LogP contribution < -0.4 is 0 Å². The number of hydrogen-bond donors (Lipinski definition) is 3. The molecule has 0 saturated carbocycles. The molecule has 0 aliphatic rings. The van der Waals surface area contributed by atoms with Gasteiger partial charge in [-0.1, -0.05) is 6.07 Å². The first-order valence-corrected chi connectivity index (χ1v) is 2.87. The fraction of sp³-hybridized carbons (Fsp3) is 0. The van der Waals surface area contributed by atoms with E-state index in [1.54, 1.807) is 0 Å². The first-order chi connectivity index (χ1) is 5.13. The molecule has 0 aromatic heterocycles. The maximum Gasteiger partial charge on any atom is 0.343 e. The molecule has 0 saturated heterocycles. The van der Waals surface area contributed by atoms with Crippen molar-refractivity contribution in [3.8, 4) is 11.5 Å². The maximum absolute atomic E-state index is 10.3. The minimum absolute atomic E-state index is 0. The summed E-state index contributed by atoms with van der Waals surface area (Å²) in [6.45, 7) is 0. The van der Waals surface area contributed by atoms with Gasteiger partial charge in [-0.15, -0.1) is 0 Å². The van der Waals surface area contributed by atoms with Crippen molar-refractivity contribution in [3.63, 3.8) is 0 Å². The van der Waals surface area contributed by atoms with Gasteiger partial charge in [0, 0.05) is 17.1 Å². The number of rotatable bonds is 1. The number of carboxylic acid groups (broad SMARTS) is 1. The molecule has 5 heteroatoms. The van der Waals surface area contributed by atoms with E-state index in [0.29, 0.717) is 0 Å². The van der Waals surface area contributed by atoms with Gasteiger partial charge in [0.2, 0.25) is 0 Å². The van der Waals surface area contributed by atoms with Crippen LogP contribution >= 0.6 is 0 Å². The molecule has 66 valence electrons. The van der Waals surface area contributed by atoms with Crippen molar-refractivity contribution < 1.29 is 37.2 Å². The minimum Gasteiger partial charge on any atom is -0.507 e. The fourth-order valence-electron chi connectivity index (χ4n) is 0.747. The van der Waals surface area contributed by atoms with Crippen molar-refractivity contribution in [3.05, 3.63) is 23.8 Å². The Labute approximate surface area is 78.9 Å². The van der Waals surface area contributed by atoms with E-state index < -0.39 is 23.0 Å². The summed E-state index contributed by atoms with van der Waals surface area (Å²) in [5.74, 6) is -2.21. The van der Waals surface area contributed by atoms with Gasteiger partial charge in [0.05, 0.1) is 0 Å². The Kier molecular flexibility index (Phi) is 3.60. The van der Waals surface area contributed by atoms with Gasteiger partial charge in [-0.3, -0.25) is 0 Å². The molecular weight excluding hydrogens is 204 g/mol. The number of carboxylic acids is 1. The van der Waals surface area contributed by atoms with E-state index >= 15 is 0 Å². The number of carbonyl (C=O) groups is 1. The molecule has 0 heterocycles. The molecule has 0 aliphatic heterocycles. The van der Waals surface area contributed by atoms with Gasteiger partial charge in [0.25, 0.3) is 0 Å². The molecule has 0 unspecified atom stereocenters. The van der Waals surface area contributed by atoms with Crippen molar-refractivity contribution >= 4 is 5.97 Å². The number of aromatic hydroxyl groups is 2. The van der Waals surface area contributed by atoms with Crippen molar-refractivity contribution in [2.75, 3.05) is 0 Å². The van der Waals surface area contributed by atoms with Crippen LogP contribution in [0.5, 0.6) is 11.5 Å². The Morgan fingerprint density at radius 3 is 1.83 bits per heavy atom. The van der Waals surface area contributed by atoms with Gasteiger partial charge >= 0.3 is 5.97 Å². The van der Waals surface area contributed by atoms with Gasteiger partial charge in [-0.2, -0.15) is 0 Å². The maximum atomic E-state index is 10.3. The van der Waals surface area contributed by atoms with Crippen LogP contribution in [0.15, 0.2) is 18.2 Å². The standard InChI is InChI=1S/C7H6O4.Fe/c8-4-2-1-3-5(9)6(4)7(10)11;/h1-3,8-9H,(H,10,11);. The average Bonchev–Trinajstić information content (AvgIpc) is 1.85. The number of hydrogen-bond acceptors (Lipinski definition) is 3. The van der Waals surface area contributed by atoms with Crippen LogP contribution in [0.25, 0.3) is 0 Å². The molecule has 0 spiro atoms. The number of aromatic carboxylic acids is 1. The monoisotopic (exact) mass is 210 g/mol. The van der Waals surface area contributed by atoms with E-state index in [2.05, 4.69) is 0 Å². The molecule has 0 fully saturated rings. The van der Waals surface area contributed by atoms with Crippen molar-refractivity contribution in [2.24, 2.45) is 0 Å². The second-order valence-corrected chi connectivity index (χ2v) is 1.98. The average molecular weight is 210 g/mol. The van der Waals surface area contributed by atoms with E-state index in [0.717, 1.165) is 0 Å². The SMILES string of the molecule is O=C(O)c1c(O)cccc1O.[Fe]. The van der Waals surface area contributed by atoms with Crippen molar-refractivity contribution in [1.82, 2.24) is 0 Å². The second kappa shape index (κ2) is 3.99. The van der Waals surface area contributed by atoms with Crippen LogP contribution in [-0.2, 0) is 17.1 Å². The Hall–Kier alpha value is -1.19. The molecule has 1 aromatic rings. The first-order valence-electron chi connectivity index (χ1n) is 2.87. The molecule has 0 aliphatic carbocycles. The van der Waals surface area contributed by atoms with E-state index in [4.69, 9.17) is 15.3 Å². The zero-order valence-corrected chi connectivity index (χ0v) is 6.94. The molecule has 12 heavy (non-hydrogen) atoms. The predicted molar refractivity (Wildman–Crippen MR) is 36.7 cm³/mol. The van der Waals surface area contributed by atoms with Gasteiger partial charge in [0.15, 0.2) is 0 Å². The Morgan fingerprint density at radius 2 is 1.58 bits per heavy atom. The van der Waals surface area contributed by atoms with Crippen molar-refractivity contribution in [1.29, 1.82) is 0 Å². The quantitative estimate of drug-likeness (QED) is 0.598. The number of phenols is 2. The molecule has 0 bridgehead atoms. The third kappa shape index (κ3) is 1.90. The molecule has 1 aromatic carbocycles. The molecular formula is C7H6FeO4. The number of benzene rings is 1. The summed E-state index contributed by atoms with van der Waals surface area (Å²) in [7, 11) is 0. The largest absolute Gasteiger partial charge is 0.507 e. The molecule has 3 N–H and O–H groups in total.